The van der Waals surface area contributed by atoms with E-state index in [1.807, 2.05) is 25.1 Å². The number of nitrogens with two attached hydrogens (primary N) is 1. The zero-order chi connectivity index (χ0) is 10.7. The maximum Gasteiger partial charge on any atom is 0.124 e. The van der Waals surface area contributed by atoms with Gasteiger partial charge in [-0.05, 0) is 26.0 Å². The lowest BCUT2D eigenvalue weighted by atomic mass is 10.0. The molecule has 0 aliphatic carbocycles. The maximum absolute atomic E-state index is 9.83. The molecule has 1 aromatic rings. The van der Waals surface area contributed by atoms with E-state index in [0.29, 0.717) is 5.75 Å². The Labute approximate surface area is 84.5 Å². The van der Waals surface area contributed by atoms with E-state index < -0.39 is 6.10 Å². The first kappa shape index (κ1) is 11.0. The van der Waals surface area contributed by atoms with Crippen molar-refractivity contribution >= 4 is 0 Å². The molecule has 0 fully saturated rings. The summed E-state index contributed by atoms with van der Waals surface area (Å²) >= 11 is 0. The first-order valence-electron chi connectivity index (χ1n) is 4.64. The van der Waals surface area contributed by atoms with Crippen LogP contribution in [0.25, 0.3) is 0 Å². The molecule has 3 nitrogen and oxygen atoms in total. The molecule has 1 rings (SSSR count). The molecule has 0 radical (unpaired) electrons. The predicted octanol–water partition coefficient (Wildman–Crippen LogP) is 1.38. The smallest absolute Gasteiger partial charge is 0.124 e. The average molecular weight is 195 g/mol. The number of hydrogen-bond acceptors (Lipinski definition) is 3. The van der Waals surface area contributed by atoms with E-state index in [2.05, 4.69) is 0 Å². The highest BCUT2D eigenvalue weighted by molar-refractivity contribution is 5.38. The molecule has 2 atom stereocenters. The van der Waals surface area contributed by atoms with Gasteiger partial charge in [0.15, 0.2) is 0 Å². The number of hydrogen-bond donors (Lipinski definition) is 2. The zero-order valence-electron chi connectivity index (χ0n) is 8.82. The van der Waals surface area contributed by atoms with Crippen molar-refractivity contribution < 1.29 is 9.84 Å². The number of methoxy groups -OCH3 is 1. The summed E-state index contributed by atoms with van der Waals surface area (Å²) in [5.74, 6) is 0.681. The monoisotopic (exact) mass is 195 g/mol. The van der Waals surface area contributed by atoms with Gasteiger partial charge in [-0.3, -0.25) is 0 Å². The minimum atomic E-state index is -0.676. The number of aryl methyl sites for hydroxylation is 1. The predicted molar refractivity (Wildman–Crippen MR) is 56.3 cm³/mol. The second-order valence-corrected chi connectivity index (χ2v) is 3.55. The maximum atomic E-state index is 9.83. The quantitative estimate of drug-likeness (QED) is 0.766. The van der Waals surface area contributed by atoms with Crippen LogP contribution in [0, 0.1) is 6.92 Å². The highest BCUT2D eigenvalue weighted by Crippen LogP contribution is 2.27. The number of aliphatic hydroxyl groups is 1. The van der Waals surface area contributed by atoms with Gasteiger partial charge in [0.05, 0.1) is 13.2 Å². The van der Waals surface area contributed by atoms with Gasteiger partial charge in [0.1, 0.15) is 5.75 Å². The lowest BCUT2D eigenvalue weighted by Gasteiger charge is -2.18. The Bertz CT molecular complexity index is 310. The summed E-state index contributed by atoms with van der Waals surface area (Å²) in [6.45, 7) is 3.74. The summed E-state index contributed by atoms with van der Waals surface area (Å²) in [5.41, 5.74) is 7.47. The van der Waals surface area contributed by atoms with Gasteiger partial charge in [-0.2, -0.15) is 0 Å². The lowest BCUT2D eigenvalue weighted by Crippen LogP contribution is -2.24. The average Bonchev–Trinajstić information content (AvgIpc) is 2.16. The molecule has 0 aliphatic rings. The van der Waals surface area contributed by atoms with E-state index in [4.69, 9.17) is 10.5 Å². The summed E-state index contributed by atoms with van der Waals surface area (Å²) in [6, 6.07) is 5.38. The lowest BCUT2D eigenvalue weighted by molar-refractivity contribution is 0.149. The largest absolute Gasteiger partial charge is 0.496 e. The molecule has 3 heteroatoms. The SMILES string of the molecule is COc1ccc(C)cc1[C@@H](O)[C@@H](C)N. The minimum absolute atomic E-state index is 0.300. The van der Waals surface area contributed by atoms with Gasteiger partial charge in [-0.1, -0.05) is 11.6 Å². The Morgan fingerprint density at radius 1 is 1.43 bits per heavy atom. The van der Waals surface area contributed by atoms with Crippen LogP contribution in [0.1, 0.15) is 24.2 Å². The minimum Gasteiger partial charge on any atom is -0.496 e. The van der Waals surface area contributed by atoms with Crippen LogP contribution in [0.15, 0.2) is 18.2 Å². The molecule has 0 amide bonds. The van der Waals surface area contributed by atoms with Crippen molar-refractivity contribution in [2.45, 2.75) is 26.0 Å². The van der Waals surface area contributed by atoms with E-state index in [1.165, 1.54) is 0 Å². The van der Waals surface area contributed by atoms with Gasteiger partial charge in [-0.25, -0.2) is 0 Å². The molecule has 3 N–H and O–H groups in total. The van der Waals surface area contributed by atoms with Crippen LogP contribution in [0.5, 0.6) is 5.75 Å². The molecular weight excluding hydrogens is 178 g/mol. The van der Waals surface area contributed by atoms with Gasteiger partial charge >= 0.3 is 0 Å². The molecule has 0 aliphatic heterocycles. The zero-order valence-corrected chi connectivity index (χ0v) is 8.82. The van der Waals surface area contributed by atoms with E-state index >= 15 is 0 Å². The Hall–Kier alpha value is -1.06. The normalized spacial score (nSPS) is 14.9. The summed E-state index contributed by atoms with van der Waals surface area (Å²) in [5, 5.41) is 9.83. The summed E-state index contributed by atoms with van der Waals surface area (Å²) in [7, 11) is 1.59. The second kappa shape index (κ2) is 4.44. The Morgan fingerprint density at radius 3 is 2.57 bits per heavy atom. The van der Waals surface area contributed by atoms with E-state index in [9.17, 15) is 5.11 Å². The van der Waals surface area contributed by atoms with E-state index in [-0.39, 0.29) is 6.04 Å². The Morgan fingerprint density at radius 2 is 2.07 bits per heavy atom. The van der Waals surface area contributed by atoms with Crippen LogP contribution in [-0.2, 0) is 0 Å². The summed E-state index contributed by atoms with van der Waals surface area (Å²) in [4.78, 5) is 0. The van der Waals surface area contributed by atoms with Crippen molar-refractivity contribution in [1.82, 2.24) is 0 Å². The molecule has 0 bridgehead atoms. The molecule has 1 aromatic carbocycles. The summed E-state index contributed by atoms with van der Waals surface area (Å²) in [6.07, 6.45) is -0.676. The van der Waals surface area contributed by atoms with E-state index in [1.54, 1.807) is 14.0 Å². The van der Waals surface area contributed by atoms with Crippen molar-refractivity contribution in [3.63, 3.8) is 0 Å². The van der Waals surface area contributed by atoms with Crippen molar-refractivity contribution in [1.29, 1.82) is 0 Å². The highest BCUT2D eigenvalue weighted by atomic mass is 16.5. The van der Waals surface area contributed by atoms with Crippen LogP contribution in [0.4, 0.5) is 0 Å². The third kappa shape index (κ3) is 2.25. The summed E-state index contributed by atoms with van der Waals surface area (Å²) < 4.78 is 5.16. The fraction of sp³-hybridized carbons (Fsp3) is 0.455. The fourth-order valence-corrected chi connectivity index (χ4v) is 1.37. The molecular formula is C11H17NO2. The molecule has 0 spiro atoms. The first-order valence-corrected chi connectivity index (χ1v) is 4.64. The van der Waals surface area contributed by atoms with Gasteiger partial charge in [0.2, 0.25) is 0 Å². The Kier molecular flexibility index (Phi) is 3.49. The Balaban J connectivity index is 3.10. The van der Waals surface area contributed by atoms with Crippen molar-refractivity contribution in [2.75, 3.05) is 7.11 Å². The molecule has 0 saturated heterocycles. The molecule has 0 heterocycles. The van der Waals surface area contributed by atoms with Crippen LogP contribution < -0.4 is 10.5 Å². The van der Waals surface area contributed by atoms with Gasteiger partial charge in [0.25, 0.3) is 0 Å². The topological polar surface area (TPSA) is 55.5 Å². The van der Waals surface area contributed by atoms with Gasteiger partial charge in [-0.15, -0.1) is 0 Å². The third-order valence-electron chi connectivity index (χ3n) is 2.20. The number of ether oxygens (including phenoxy) is 1. The highest BCUT2D eigenvalue weighted by Gasteiger charge is 2.16. The van der Waals surface area contributed by atoms with Crippen LogP contribution in [0.3, 0.4) is 0 Å². The molecule has 0 saturated carbocycles. The van der Waals surface area contributed by atoms with Crippen LogP contribution >= 0.6 is 0 Å². The van der Waals surface area contributed by atoms with Crippen molar-refractivity contribution in [2.24, 2.45) is 5.73 Å². The number of rotatable bonds is 3. The molecule has 0 aromatic heterocycles. The van der Waals surface area contributed by atoms with Gasteiger partial charge < -0.3 is 15.6 Å². The van der Waals surface area contributed by atoms with Crippen LogP contribution in [-0.4, -0.2) is 18.3 Å². The van der Waals surface area contributed by atoms with Crippen molar-refractivity contribution in [3.05, 3.63) is 29.3 Å². The van der Waals surface area contributed by atoms with Gasteiger partial charge in [0, 0.05) is 11.6 Å². The molecule has 0 unspecified atom stereocenters. The molecule has 14 heavy (non-hydrogen) atoms. The first-order chi connectivity index (χ1) is 6.56. The third-order valence-corrected chi connectivity index (χ3v) is 2.20. The molecule has 78 valence electrons. The fourth-order valence-electron chi connectivity index (χ4n) is 1.37. The van der Waals surface area contributed by atoms with E-state index in [0.717, 1.165) is 11.1 Å². The van der Waals surface area contributed by atoms with Crippen LogP contribution in [0.2, 0.25) is 0 Å². The van der Waals surface area contributed by atoms with Crippen molar-refractivity contribution in [3.8, 4) is 5.75 Å². The standard InChI is InChI=1S/C11H17NO2/c1-7-4-5-10(14-3)9(6-7)11(13)8(2)12/h4-6,8,11,13H,12H2,1-3H3/t8-,11+/m1/s1. The second-order valence-electron chi connectivity index (χ2n) is 3.55. The number of benzene rings is 1. The number of aliphatic hydroxyl groups excluding tert-OH is 1.